The number of ether oxygens (including phenoxy) is 1. The van der Waals surface area contributed by atoms with Crippen molar-refractivity contribution in [1.29, 1.82) is 0 Å². The van der Waals surface area contributed by atoms with Crippen LogP contribution in [0.4, 0.5) is 0 Å². The number of para-hydroxylation sites is 1. The fourth-order valence-corrected chi connectivity index (χ4v) is 3.15. The lowest BCUT2D eigenvalue weighted by atomic mass is 10.2. The van der Waals surface area contributed by atoms with E-state index in [1.54, 1.807) is 55.5 Å². The van der Waals surface area contributed by atoms with Gasteiger partial charge in [-0.05, 0) is 37.6 Å². The summed E-state index contributed by atoms with van der Waals surface area (Å²) in [7, 11) is 1.51. The second kappa shape index (κ2) is 8.12. The average molecular weight is 381 g/mol. The van der Waals surface area contributed by atoms with Gasteiger partial charge in [0.15, 0.2) is 0 Å². The van der Waals surface area contributed by atoms with E-state index in [9.17, 15) is 14.4 Å². The molecule has 1 aromatic heterocycles. The zero-order valence-electron chi connectivity index (χ0n) is 16.1. The molecule has 146 valence electrons. The van der Waals surface area contributed by atoms with Crippen LogP contribution in [0.15, 0.2) is 58.1 Å². The summed E-state index contributed by atoms with van der Waals surface area (Å²) in [6, 6.07) is 12.7. The van der Waals surface area contributed by atoms with Gasteiger partial charge < -0.3 is 10.1 Å². The predicted octanol–water partition coefficient (Wildman–Crippen LogP) is 2.25. The van der Waals surface area contributed by atoms with Crippen LogP contribution in [0, 0.1) is 0 Å². The number of benzene rings is 2. The number of fused-ring (bicyclic) bond motifs is 1. The van der Waals surface area contributed by atoms with Gasteiger partial charge in [-0.25, -0.2) is 9.36 Å². The molecule has 0 aliphatic rings. The van der Waals surface area contributed by atoms with Crippen molar-refractivity contribution in [3.05, 3.63) is 69.4 Å². The Balaban J connectivity index is 2.31. The summed E-state index contributed by atoms with van der Waals surface area (Å²) in [5, 5.41) is 3.17. The van der Waals surface area contributed by atoms with E-state index in [-0.39, 0.29) is 5.91 Å². The van der Waals surface area contributed by atoms with Crippen molar-refractivity contribution in [2.45, 2.75) is 26.3 Å². The fourth-order valence-electron chi connectivity index (χ4n) is 3.15. The molecule has 0 radical (unpaired) electrons. The lowest BCUT2D eigenvalue weighted by molar-refractivity contribution is -0.123. The highest BCUT2D eigenvalue weighted by atomic mass is 16.5. The van der Waals surface area contributed by atoms with Gasteiger partial charge in [-0.1, -0.05) is 25.1 Å². The first-order valence-corrected chi connectivity index (χ1v) is 9.18. The zero-order chi connectivity index (χ0) is 20.3. The molecule has 2 aromatic carbocycles. The monoisotopic (exact) mass is 381 g/mol. The second-order valence-electron chi connectivity index (χ2n) is 6.48. The average Bonchev–Trinajstić information content (AvgIpc) is 2.72. The van der Waals surface area contributed by atoms with Gasteiger partial charge in [0.05, 0.1) is 23.7 Å². The van der Waals surface area contributed by atoms with Gasteiger partial charge in [-0.15, -0.1) is 0 Å². The summed E-state index contributed by atoms with van der Waals surface area (Å²) < 4.78 is 7.66. The fraction of sp³-hybridized carbons (Fsp3) is 0.286. The maximum absolute atomic E-state index is 13.3. The maximum Gasteiger partial charge on any atom is 0.336 e. The van der Waals surface area contributed by atoms with Gasteiger partial charge in [0.25, 0.3) is 5.56 Å². The Bertz CT molecular complexity index is 1130. The lowest BCUT2D eigenvalue weighted by Crippen LogP contribution is -2.43. The van der Waals surface area contributed by atoms with E-state index in [1.165, 1.54) is 11.7 Å². The molecule has 28 heavy (non-hydrogen) atoms. The molecule has 0 aliphatic heterocycles. The van der Waals surface area contributed by atoms with Gasteiger partial charge in [0.2, 0.25) is 5.91 Å². The summed E-state index contributed by atoms with van der Waals surface area (Å²) in [5.74, 6) is 0.252. The number of methoxy groups -OCH3 is 1. The molecule has 1 atom stereocenters. The Hall–Kier alpha value is -3.35. The SMILES string of the molecule is CCCNC(=O)C(C)n1c(=O)n(-c2cccc(OC)c2)c(=O)c2ccccc21. The molecule has 3 aromatic rings. The van der Waals surface area contributed by atoms with Crippen molar-refractivity contribution >= 4 is 16.8 Å². The number of amides is 1. The van der Waals surface area contributed by atoms with Crippen LogP contribution in [0.2, 0.25) is 0 Å². The van der Waals surface area contributed by atoms with Crippen LogP contribution >= 0.6 is 0 Å². The van der Waals surface area contributed by atoms with Gasteiger partial charge in [-0.2, -0.15) is 0 Å². The van der Waals surface area contributed by atoms with Crippen LogP contribution in [0.5, 0.6) is 5.75 Å². The molecule has 3 rings (SSSR count). The quantitative estimate of drug-likeness (QED) is 0.710. The standard InChI is InChI=1S/C21H23N3O4/c1-4-12-22-19(25)14(2)23-18-11-6-5-10-17(18)20(26)24(21(23)27)15-8-7-9-16(13-15)28-3/h5-11,13-14H,4,12H2,1-3H3,(H,22,25). The summed E-state index contributed by atoms with van der Waals surface area (Å²) in [6.45, 7) is 4.13. The minimum absolute atomic E-state index is 0.273. The van der Waals surface area contributed by atoms with Crippen molar-refractivity contribution in [2.24, 2.45) is 0 Å². The minimum atomic E-state index is -0.776. The Kier molecular flexibility index (Phi) is 5.63. The van der Waals surface area contributed by atoms with Crippen LogP contribution in [0.25, 0.3) is 16.6 Å². The highest BCUT2D eigenvalue weighted by Crippen LogP contribution is 2.17. The molecule has 0 saturated carbocycles. The number of carbonyl (C=O) groups is 1. The molecule has 1 heterocycles. The number of aromatic nitrogens is 2. The van der Waals surface area contributed by atoms with Gasteiger partial charge in [-0.3, -0.25) is 14.2 Å². The molecule has 0 fully saturated rings. The number of carbonyl (C=O) groups excluding carboxylic acids is 1. The van der Waals surface area contributed by atoms with E-state index in [4.69, 9.17) is 4.74 Å². The van der Waals surface area contributed by atoms with Gasteiger partial charge in [0, 0.05) is 12.6 Å². The normalized spacial score (nSPS) is 12.0. The molecule has 7 heteroatoms. The number of nitrogens with one attached hydrogen (secondary N) is 1. The first kappa shape index (κ1) is 19.4. The van der Waals surface area contributed by atoms with Gasteiger partial charge in [0.1, 0.15) is 11.8 Å². The Morgan fingerprint density at radius 2 is 1.89 bits per heavy atom. The van der Waals surface area contributed by atoms with E-state index in [0.717, 1.165) is 11.0 Å². The van der Waals surface area contributed by atoms with Crippen molar-refractivity contribution in [3.63, 3.8) is 0 Å². The third-order valence-corrected chi connectivity index (χ3v) is 4.62. The largest absolute Gasteiger partial charge is 0.497 e. The third kappa shape index (κ3) is 3.43. The van der Waals surface area contributed by atoms with E-state index >= 15 is 0 Å². The van der Waals surface area contributed by atoms with Crippen LogP contribution in [-0.2, 0) is 4.79 Å². The summed E-state index contributed by atoms with van der Waals surface area (Å²) in [4.78, 5) is 39.0. The molecule has 0 spiro atoms. The smallest absolute Gasteiger partial charge is 0.336 e. The van der Waals surface area contributed by atoms with Crippen LogP contribution in [0.3, 0.4) is 0 Å². The summed E-state index contributed by atoms with van der Waals surface area (Å²) >= 11 is 0. The Morgan fingerprint density at radius 3 is 2.61 bits per heavy atom. The third-order valence-electron chi connectivity index (χ3n) is 4.62. The molecule has 0 saturated heterocycles. The predicted molar refractivity (Wildman–Crippen MR) is 108 cm³/mol. The highest BCUT2D eigenvalue weighted by Gasteiger charge is 2.22. The summed E-state index contributed by atoms with van der Waals surface area (Å²) in [5.41, 5.74) is -0.201. The Morgan fingerprint density at radius 1 is 1.14 bits per heavy atom. The van der Waals surface area contributed by atoms with Crippen molar-refractivity contribution in [3.8, 4) is 11.4 Å². The molecular weight excluding hydrogens is 358 g/mol. The molecule has 7 nitrogen and oxygen atoms in total. The molecule has 1 N–H and O–H groups in total. The first-order valence-electron chi connectivity index (χ1n) is 9.18. The number of rotatable bonds is 6. The van der Waals surface area contributed by atoms with Crippen molar-refractivity contribution in [1.82, 2.24) is 14.5 Å². The maximum atomic E-state index is 13.3. The molecule has 1 amide bonds. The number of hydrogen-bond acceptors (Lipinski definition) is 4. The topological polar surface area (TPSA) is 82.3 Å². The Labute approximate surface area is 162 Å². The molecule has 0 aliphatic carbocycles. The zero-order valence-corrected chi connectivity index (χ0v) is 16.1. The minimum Gasteiger partial charge on any atom is -0.497 e. The van der Waals surface area contributed by atoms with E-state index < -0.39 is 17.3 Å². The molecule has 1 unspecified atom stereocenters. The lowest BCUT2D eigenvalue weighted by Gasteiger charge is -2.19. The van der Waals surface area contributed by atoms with Crippen LogP contribution in [-0.4, -0.2) is 28.7 Å². The number of nitrogens with zero attached hydrogens (tertiary/aromatic N) is 2. The van der Waals surface area contributed by atoms with Crippen LogP contribution < -0.4 is 21.3 Å². The van der Waals surface area contributed by atoms with E-state index in [1.807, 2.05) is 6.92 Å². The molecule has 0 bridgehead atoms. The first-order chi connectivity index (χ1) is 13.5. The number of hydrogen-bond donors (Lipinski definition) is 1. The van der Waals surface area contributed by atoms with E-state index in [0.29, 0.717) is 28.9 Å². The van der Waals surface area contributed by atoms with Crippen molar-refractivity contribution < 1.29 is 9.53 Å². The van der Waals surface area contributed by atoms with E-state index in [2.05, 4.69) is 5.32 Å². The summed E-state index contributed by atoms with van der Waals surface area (Å²) in [6.07, 6.45) is 0.789. The van der Waals surface area contributed by atoms with Crippen LogP contribution in [0.1, 0.15) is 26.3 Å². The highest BCUT2D eigenvalue weighted by molar-refractivity contribution is 5.84. The van der Waals surface area contributed by atoms with Crippen molar-refractivity contribution in [2.75, 3.05) is 13.7 Å². The molecular formula is C21H23N3O4. The second-order valence-corrected chi connectivity index (χ2v) is 6.48. The van der Waals surface area contributed by atoms with Gasteiger partial charge >= 0.3 is 5.69 Å².